The maximum Gasteiger partial charge on any atom is 0.269 e. The summed E-state index contributed by atoms with van der Waals surface area (Å²) in [6, 6.07) is 52.3. The molecule has 10 rings (SSSR count). The maximum absolute atomic E-state index is 8.97. The van der Waals surface area contributed by atoms with Gasteiger partial charge in [0.25, 0.3) is 6.33 Å². The van der Waals surface area contributed by atoms with Crippen LogP contribution in [0.25, 0.3) is 72.3 Å². The zero-order chi connectivity index (χ0) is 41.1. The molecule has 0 aliphatic heterocycles. The van der Waals surface area contributed by atoms with Crippen LogP contribution in [0.5, 0.6) is 11.5 Å². The predicted molar refractivity (Wildman–Crippen MR) is 227 cm³/mol. The molecule has 0 aliphatic carbocycles. The topological polar surface area (TPSA) is 35.9 Å². The molecule has 0 spiro atoms. The SMILES string of the molecule is [2H]c1c([2H])c([2H])c2c(c1[2H])c1ccc(Oc3cccc(-n4[c-][n+](-c5c(-c6ccccc6)cccc5-c5ccccc5)c5ccccc54)c3)cc1n2-c1cc(C(C)C)ccn1. The fraction of sp³-hybridized carbons (Fsp3) is 0.0588. The Morgan fingerprint density at radius 1 is 0.625 bits per heavy atom. The molecule has 0 bridgehead atoms. The highest BCUT2D eigenvalue weighted by atomic mass is 16.5. The van der Waals surface area contributed by atoms with E-state index in [0.29, 0.717) is 39.1 Å². The van der Waals surface area contributed by atoms with Crippen molar-refractivity contribution in [1.29, 1.82) is 0 Å². The van der Waals surface area contributed by atoms with Crippen LogP contribution >= 0.6 is 0 Å². The number of nitrogens with zero attached hydrogens (tertiary/aromatic N) is 4. The smallest absolute Gasteiger partial charge is 0.269 e. The van der Waals surface area contributed by atoms with Gasteiger partial charge in [-0.15, -0.1) is 0 Å². The van der Waals surface area contributed by atoms with Crippen molar-refractivity contribution in [3.05, 3.63) is 200 Å². The third-order valence-corrected chi connectivity index (χ3v) is 10.3. The standard InChI is InChI=1S/C51H38N4O/c1-35(2)38-29-30-52-50(31-38)55-46-24-10-9-21-44(46)45-28-27-41(33-49(45)55)56-40-20-13-19-39(32-40)53-34-54(48-26-12-11-25-47(48)53)51-42(36-15-5-3-6-16-36)22-14-23-43(51)37-17-7-4-8-18-37/h3-33,35H,1-2H3/i9D,10D,21D,24D. The Hall–Kier alpha value is -7.24. The van der Waals surface area contributed by atoms with Crippen LogP contribution in [0.2, 0.25) is 0 Å². The number of hydrogen-bond acceptors (Lipinski definition) is 2. The highest BCUT2D eigenvalue weighted by Crippen LogP contribution is 2.37. The molecule has 268 valence electrons. The zero-order valence-electron chi connectivity index (χ0n) is 34.9. The maximum atomic E-state index is 8.97. The highest BCUT2D eigenvalue weighted by Gasteiger charge is 2.20. The summed E-state index contributed by atoms with van der Waals surface area (Å²) in [5.74, 6) is 1.94. The third-order valence-electron chi connectivity index (χ3n) is 10.3. The fourth-order valence-electron chi connectivity index (χ4n) is 7.64. The van der Waals surface area contributed by atoms with Crippen LogP contribution in [0.1, 0.15) is 30.8 Å². The van der Waals surface area contributed by atoms with Crippen LogP contribution in [0.3, 0.4) is 0 Å². The third kappa shape index (κ3) is 5.82. The van der Waals surface area contributed by atoms with Crippen LogP contribution in [0, 0.1) is 6.33 Å². The number of ether oxygens (including phenoxy) is 1. The molecule has 0 amide bonds. The zero-order valence-corrected chi connectivity index (χ0v) is 30.9. The average molecular weight is 727 g/mol. The molecule has 3 aromatic heterocycles. The van der Waals surface area contributed by atoms with Crippen molar-refractivity contribution in [3.63, 3.8) is 0 Å². The van der Waals surface area contributed by atoms with Gasteiger partial charge >= 0.3 is 0 Å². The first-order valence-corrected chi connectivity index (χ1v) is 18.7. The Labute approximate surface area is 331 Å². The molecule has 0 N–H and O–H groups in total. The van der Waals surface area contributed by atoms with Crippen LogP contribution in [0.4, 0.5) is 0 Å². The van der Waals surface area contributed by atoms with E-state index in [4.69, 9.17) is 15.2 Å². The Bertz CT molecular complexity index is 3210. The number of hydrogen-bond donors (Lipinski definition) is 0. The normalized spacial score (nSPS) is 12.6. The molecule has 5 nitrogen and oxygen atoms in total. The van der Waals surface area contributed by atoms with Crippen LogP contribution in [-0.4, -0.2) is 14.1 Å². The molecule has 7 aromatic carbocycles. The van der Waals surface area contributed by atoms with Crippen molar-refractivity contribution in [1.82, 2.24) is 14.1 Å². The van der Waals surface area contributed by atoms with Gasteiger partial charge < -0.3 is 4.74 Å². The molecule has 0 fully saturated rings. The molecule has 10 aromatic rings. The molecule has 0 aliphatic rings. The number of benzene rings is 7. The molecule has 0 saturated carbocycles. The molecule has 5 heteroatoms. The molecule has 0 unspecified atom stereocenters. The van der Waals surface area contributed by atoms with E-state index in [1.807, 2.05) is 77.4 Å². The van der Waals surface area contributed by atoms with Gasteiger partial charge in [-0.05, 0) is 82.2 Å². The summed E-state index contributed by atoms with van der Waals surface area (Å²) < 4.78 is 47.6. The molecule has 3 heterocycles. The summed E-state index contributed by atoms with van der Waals surface area (Å²) in [5.41, 5.74) is 10.3. The predicted octanol–water partition coefficient (Wildman–Crippen LogP) is 12.4. The second-order valence-electron chi connectivity index (χ2n) is 14.1. The fourth-order valence-corrected chi connectivity index (χ4v) is 7.64. The van der Waals surface area contributed by atoms with E-state index in [1.54, 1.807) is 6.20 Å². The van der Waals surface area contributed by atoms with Crippen molar-refractivity contribution >= 4 is 32.8 Å². The minimum Gasteiger partial charge on any atom is -0.458 e. The van der Waals surface area contributed by atoms with Crippen LogP contribution < -0.4 is 9.30 Å². The second-order valence-corrected chi connectivity index (χ2v) is 14.1. The Balaban J connectivity index is 1.11. The summed E-state index contributed by atoms with van der Waals surface area (Å²) in [7, 11) is 0. The van der Waals surface area contributed by atoms with Gasteiger partial charge in [0.05, 0.1) is 38.9 Å². The summed E-state index contributed by atoms with van der Waals surface area (Å²) in [5, 5.41) is 1.12. The van der Waals surface area contributed by atoms with Gasteiger partial charge in [-0.3, -0.25) is 13.7 Å². The Kier molecular flexibility index (Phi) is 7.22. The van der Waals surface area contributed by atoms with Crippen molar-refractivity contribution in [2.45, 2.75) is 19.8 Å². The van der Waals surface area contributed by atoms with Crippen LogP contribution in [-0.2, 0) is 0 Å². The summed E-state index contributed by atoms with van der Waals surface area (Å²) in [6.45, 7) is 4.22. The van der Waals surface area contributed by atoms with E-state index in [1.165, 1.54) is 0 Å². The van der Waals surface area contributed by atoms with Gasteiger partial charge in [0.15, 0.2) is 0 Å². The molecule has 56 heavy (non-hydrogen) atoms. The van der Waals surface area contributed by atoms with Crippen molar-refractivity contribution in [3.8, 4) is 50.9 Å². The van der Waals surface area contributed by atoms with Gasteiger partial charge in [-0.1, -0.05) is 141 Å². The molecular weight excluding hydrogens is 685 g/mol. The monoisotopic (exact) mass is 726 g/mol. The molecule has 0 radical (unpaired) electrons. The Morgan fingerprint density at radius 2 is 1.32 bits per heavy atom. The number of imidazole rings is 1. The first kappa shape index (κ1) is 29.2. The van der Waals surface area contributed by atoms with Crippen molar-refractivity contribution in [2.75, 3.05) is 0 Å². The van der Waals surface area contributed by atoms with Gasteiger partial charge in [0.2, 0.25) is 0 Å². The van der Waals surface area contributed by atoms with Gasteiger partial charge in [-0.25, -0.2) is 4.98 Å². The van der Waals surface area contributed by atoms with E-state index in [9.17, 15) is 0 Å². The number of para-hydroxylation sites is 4. The number of pyridine rings is 1. The highest BCUT2D eigenvalue weighted by molar-refractivity contribution is 6.09. The summed E-state index contributed by atoms with van der Waals surface area (Å²) in [6.07, 6.45) is 5.48. The quantitative estimate of drug-likeness (QED) is 0.115. The molecule has 0 atom stereocenters. The lowest BCUT2D eigenvalue weighted by Crippen LogP contribution is -2.31. The van der Waals surface area contributed by atoms with E-state index < -0.39 is 0 Å². The summed E-state index contributed by atoms with van der Waals surface area (Å²) in [4.78, 5) is 4.70. The number of aromatic nitrogens is 4. The Morgan fingerprint density at radius 3 is 2.09 bits per heavy atom. The van der Waals surface area contributed by atoms with Crippen molar-refractivity contribution in [2.24, 2.45) is 0 Å². The molecule has 0 saturated heterocycles. The lowest BCUT2D eigenvalue weighted by atomic mass is 9.95. The number of rotatable bonds is 8. The molecular formula is C51H38N4O. The lowest BCUT2D eigenvalue weighted by Gasteiger charge is -2.17. The van der Waals surface area contributed by atoms with E-state index >= 15 is 0 Å². The van der Waals surface area contributed by atoms with Crippen molar-refractivity contribution < 1.29 is 14.8 Å². The average Bonchev–Trinajstić information content (AvgIpc) is 3.84. The van der Waals surface area contributed by atoms with Crippen LogP contribution in [0.15, 0.2) is 188 Å². The minimum atomic E-state index is -0.291. The number of fused-ring (bicyclic) bond motifs is 4. The minimum absolute atomic E-state index is 0.0918. The van der Waals surface area contributed by atoms with E-state index in [2.05, 4.69) is 114 Å². The lowest BCUT2D eigenvalue weighted by molar-refractivity contribution is -0.571. The van der Waals surface area contributed by atoms with E-state index in [0.717, 1.165) is 50.2 Å². The summed E-state index contributed by atoms with van der Waals surface area (Å²) >= 11 is 0. The van der Waals surface area contributed by atoms with Gasteiger partial charge in [0, 0.05) is 23.0 Å². The first-order valence-electron chi connectivity index (χ1n) is 20.7. The van der Waals surface area contributed by atoms with Gasteiger partial charge in [0.1, 0.15) is 17.3 Å². The second kappa shape index (κ2) is 13.9. The largest absolute Gasteiger partial charge is 0.458 e. The first-order chi connectivity index (χ1) is 29.3. The van der Waals surface area contributed by atoms with E-state index in [-0.39, 0.29) is 30.1 Å². The van der Waals surface area contributed by atoms with Gasteiger partial charge in [-0.2, -0.15) is 0 Å².